The van der Waals surface area contributed by atoms with Crippen LogP contribution in [0.25, 0.3) is 0 Å². The van der Waals surface area contributed by atoms with Crippen molar-refractivity contribution in [3.8, 4) is 0 Å². The Labute approximate surface area is 121 Å². The third-order valence-corrected chi connectivity index (χ3v) is 3.70. The fourth-order valence-electron chi connectivity index (χ4n) is 2.79. The summed E-state index contributed by atoms with van der Waals surface area (Å²) < 4.78 is 0. The van der Waals surface area contributed by atoms with Gasteiger partial charge in [-0.1, -0.05) is 19.1 Å². The van der Waals surface area contributed by atoms with Gasteiger partial charge in [0.15, 0.2) is 0 Å². The largest absolute Gasteiger partial charge is 0.399 e. The van der Waals surface area contributed by atoms with Crippen LogP contribution >= 0.6 is 0 Å². The van der Waals surface area contributed by atoms with Crippen molar-refractivity contribution in [2.24, 2.45) is 0 Å². The molecule has 0 spiro atoms. The first kappa shape index (κ1) is 14.9. The van der Waals surface area contributed by atoms with Gasteiger partial charge < -0.3 is 11.1 Å². The van der Waals surface area contributed by atoms with Crippen molar-refractivity contribution in [3.05, 3.63) is 29.8 Å². The molecule has 1 aromatic carbocycles. The van der Waals surface area contributed by atoms with E-state index in [-0.39, 0.29) is 5.91 Å². The first-order chi connectivity index (χ1) is 9.67. The lowest BCUT2D eigenvalue weighted by Crippen LogP contribution is -2.47. The molecule has 4 heteroatoms. The zero-order chi connectivity index (χ0) is 14.4. The maximum absolute atomic E-state index is 11.7. The lowest BCUT2D eigenvalue weighted by atomic mass is 10.0. The molecule has 1 heterocycles. The number of hydrogen-bond acceptors (Lipinski definition) is 3. The molecule has 0 saturated carbocycles. The van der Waals surface area contributed by atoms with Gasteiger partial charge in [0.05, 0.1) is 0 Å². The van der Waals surface area contributed by atoms with Gasteiger partial charge in [-0.2, -0.15) is 0 Å². The van der Waals surface area contributed by atoms with E-state index in [0.29, 0.717) is 12.5 Å². The summed E-state index contributed by atoms with van der Waals surface area (Å²) in [5.74, 6) is 0.184. The number of likely N-dealkylation sites (tertiary alicyclic amines) is 1. The molecule has 4 nitrogen and oxygen atoms in total. The molecule has 1 aliphatic heterocycles. The number of hydrogen-bond donors (Lipinski definition) is 2. The van der Waals surface area contributed by atoms with E-state index in [1.54, 1.807) is 0 Å². The molecular weight excluding hydrogens is 250 g/mol. The van der Waals surface area contributed by atoms with Gasteiger partial charge in [-0.05, 0) is 43.5 Å². The van der Waals surface area contributed by atoms with Crippen LogP contribution in [0.4, 0.5) is 5.69 Å². The molecule has 2 rings (SSSR count). The molecular formula is C16H25N3O. The smallest absolute Gasteiger partial charge is 0.220 e. The van der Waals surface area contributed by atoms with Gasteiger partial charge in [-0.15, -0.1) is 0 Å². The molecule has 20 heavy (non-hydrogen) atoms. The molecule has 1 aromatic rings. The van der Waals surface area contributed by atoms with E-state index < -0.39 is 0 Å². The maximum Gasteiger partial charge on any atom is 0.220 e. The minimum absolute atomic E-state index is 0.184. The van der Waals surface area contributed by atoms with Gasteiger partial charge in [0, 0.05) is 31.2 Å². The van der Waals surface area contributed by atoms with E-state index in [4.69, 9.17) is 5.73 Å². The van der Waals surface area contributed by atoms with Crippen molar-refractivity contribution in [2.75, 3.05) is 18.8 Å². The molecule has 1 unspecified atom stereocenters. The van der Waals surface area contributed by atoms with Gasteiger partial charge in [-0.3, -0.25) is 9.69 Å². The van der Waals surface area contributed by atoms with Crippen LogP contribution in [0.3, 0.4) is 0 Å². The average Bonchev–Trinajstić information content (AvgIpc) is 2.39. The lowest BCUT2D eigenvalue weighted by molar-refractivity contribution is -0.122. The van der Waals surface area contributed by atoms with Crippen molar-refractivity contribution in [2.45, 2.75) is 45.2 Å². The van der Waals surface area contributed by atoms with E-state index in [1.165, 1.54) is 5.56 Å². The standard InChI is InChI=1S/C16H25N3O/c1-2-5-16(20)18-15-8-4-9-19(12-15)11-13-6-3-7-14(17)10-13/h3,6-7,10,15H,2,4-5,8-9,11-12,17H2,1H3,(H,18,20). The Kier molecular flexibility index (Phi) is 5.41. The van der Waals surface area contributed by atoms with Crippen LogP contribution in [-0.4, -0.2) is 29.9 Å². The highest BCUT2D eigenvalue weighted by Gasteiger charge is 2.21. The second kappa shape index (κ2) is 7.29. The summed E-state index contributed by atoms with van der Waals surface area (Å²) in [4.78, 5) is 14.1. The number of piperidine rings is 1. The Morgan fingerprint density at radius 3 is 3.10 bits per heavy atom. The summed E-state index contributed by atoms with van der Waals surface area (Å²) in [6.07, 6.45) is 3.76. The van der Waals surface area contributed by atoms with Crippen LogP contribution in [0.5, 0.6) is 0 Å². The first-order valence-corrected chi connectivity index (χ1v) is 7.53. The monoisotopic (exact) mass is 275 g/mol. The molecule has 0 bridgehead atoms. The number of carbonyl (C=O) groups excluding carboxylic acids is 1. The zero-order valence-electron chi connectivity index (χ0n) is 12.3. The number of anilines is 1. The SMILES string of the molecule is CCCC(=O)NC1CCCN(Cc2cccc(N)c2)C1. The van der Waals surface area contributed by atoms with Crippen LogP contribution < -0.4 is 11.1 Å². The minimum atomic E-state index is 0.184. The highest BCUT2D eigenvalue weighted by atomic mass is 16.1. The third kappa shape index (κ3) is 4.53. The van der Waals surface area contributed by atoms with Crippen LogP contribution in [0.2, 0.25) is 0 Å². The van der Waals surface area contributed by atoms with Gasteiger partial charge in [0.25, 0.3) is 0 Å². The predicted molar refractivity (Wildman–Crippen MR) is 82.2 cm³/mol. The fourth-order valence-corrected chi connectivity index (χ4v) is 2.79. The Bertz CT molecular complexity index is 447. The lowest BCUT2D eigenvalue weighted by Gasteiger charge is -2.33. The van der Waals surface area contributed by atoms with Crippen LogP contribution in [0.1, 0.15) is 38.2 Å². The highest BCUT2D eigenvalue weighted by Crippen LogP contribution is 2.15. The first-order valence-electron chi connectivity index (χ1n) is 7.53. The van der Waals surface area contributed by atoms with Gasteiger partial charge in [0.1, 0.15) is 0 Å². The Hall–Kier alpha value is -1.55. The maximum atomic E-state index is 11.7. The Morgan fingerprint density at radius 2 is 2.35 bits per heavy atom. The molecule has 0 aromatic heterocycles. The molecule has 110 valence electrons. The van der Waals surface area contributed by atoms with Crippen LogP contribution in [0, 0.1) is 0 Å². The summed E-state index contributed by atoms with van der Waals surface area (Å²) in [5.41, 5.74) is 7.87. The number of rotatable bonds is 5. The fraction of sp³-hybridized carbons (Fsp3) is 0.562. The number of benzene rings is 1. The number of carbonyl (C=O) groups is 1. The molecule has 0 radical (unpaired) electrons. The topological polar surface area (TPSA) is 58.4 Å². The molecule has 1 fully saturated rings. The van der Waals surface area contributed by atoms with Gasteiger partial charge in [-0.25, -0.2) is 0 Å². The highest BCUT2D eigenvalue weighted by molar-refractivity contribution is 5.76. The number of nitrogens with two attached hydrogens (primary N) is 1. The minimum Gasteiger partial charge on any atom is -0.399 e. The van der Waals surface area contributed by atoms with Gasteiger partial charge >= 0.3 is 0 Å². The number of nitrogen functional groups attached to an aromatic ring is 1. The van der Waals surface area contributed by atoms with E-state index in [9.17, 15) is 4.79 Å². The van der Waals surface area contributed by atoms with Crippen molar-refractivity contribution in [3.63, 3.8) is 0 Å². The third-order valence-electron chi connectivity index (χ3n) is 3.70. The van der Waals surface area contributed by atoms with Crippen molar-refractivity contribution >= 4 is 11.6 Å². The molecule has 1 saturated heterocycles. The summed E-state index contributed by atoms with van der Waals surface area (Å²) in [6, 6.07) is 8.33. The van der Waals surface area contributed by atoms with Crippen molar-refractivity contribution in [1.82, 2.24) is 10.2 Å². The quantitative estimate of drug-likeness (QED) is 0.810. The zero-order valence-corrected chi connectivity index (χ0v) is 12.3. The van der Waals surface area contributed by atoms with E-state index >= 15 is 0 Å². The predicted octanol–water partition coefficient (Wildman–Crippen LogP) is 2.15. The number of nitrogens with zero attached hydrogens (tertiary/aromatic N) is 1. The second-order valence-electron chi connectivity index (χ2n) is 5.64. The molecule has 1 atom stereocenters. The molecule has 3 N–H and O–H groups in total. The normalized spacial score (nSPS) is 19.8. The summed E-state index contributed by atoms with van der Waals surface area (Å²) in [6.45, 7) is 4.97. The number of nitrogens with one attached hydrogen (secondary N) is 1. The Balaban J connectivity index is 1.85. The molecule has 0 aliphatic carbocycles. The summed E-state index contributed by atoms with van der Waals surface area (Å²) in [5, 5.41) is 3.14. The summed E-state index contributed by atoms with van der Waals surface area (Å²) in [7, 11) is 0. The van der Waals surface area contributed by atoms with Crippen LogP contribution in [0.15, 0.2) is 24.3 Å². The Morgan fingerprint density at radius 1 is 1.50 bits per heavy atom. The molecule has 1 aliphatic rings. The van der Waals surface area contributed by atoms with E-state index in [1.807, 2.05) is 25.1 Å². The van der Waals surface area contributed by atoms with Crippen LogP contribution in [-0.2, 0) is 11.3 Å². The number of amides is 1. The second-order valence-corrected chi connectivity index (χ2v) is 5.64. The summed E-state index contributed by atoms with van der Waals surface area (Å²) >= 11 is 0. The van der Waals surface area contributed by atoms with E-state index in [0.717, 1.165) is 44.6 Å². The van der Waals surface area contributed by atoms with Gasteiger partial charge in [0.2, 0.25) is 5.91 Å². The van der Waals surface area contributed by atoms with Crippen molar-refractivity contribution in [1.29, 1.82) is 0 Å². The molecule has 1 amide bonds. The average molecular weight is 275 g/mol. The van der Waals surface area contributed by atoms with Crippen molar-refractivity contribution < 1.29 is 4.79 Å². The van der Waals surface area contributed by atoms with E-state index in [2.05, 4.69) is 16.3 Å².